The van der Waals surface area contributed by atoms with E-state index in [1.807, 2.05) is 43.3 Å². The minimum Gasteiger partial charge on any atom is -0.280 e. The summed E-state index contributed by atoms with van der Waals surface area (Å²) in [7, 11) is 3.12. The third kappa shape index (κ3) is 1.98. The van der Waals surface area contributed by atoms with Gasteiger partial charge in [0.2, 0.25) is 0 Å². The molecule has 0 bridgehead atoms. The van der Waals surface area contributed by atoms with Gasteiger partial charge in [-0.2, -0.15) is 0 Å². The molecule has 0 amide bonds. The molecule has 5 heteroatoms. The monoisotopic (exact) mass is 281 g/mol. The summed E-state index contributed by atoms with van der Waals surface area (Å²) in [6, 6.07) is 11.5. The molecule has 0 saturated heterocycles. The van der Waals surface area contributed by atoms with Crippen molar-refractivity contribution in [2.75, 3.05) is 0 Å². The normalized spacial score (nSPS) is 11.0. The molecule has 5 nitrogen and oxygen atoms in total. The molecule has 0 atom stereocenters. The lowest BCUT2D eigenvalue weighted by Crippen LogP contribution is -2.37. The van der Waals surface area contributed by atoms with E-state index in [1.165, 1.54) is 11.6 Å². The number of aromatic nitrogens is 3. The fraction of sp³-hybridized carbons (Fsp3) is 0.188. The third-order valence-corrected chi connectivity index (χ3v) is 3.62. The summed E-state index contributed by atoms with van der Waals surface area (Å²) < 4.78 is 2.53. The molecule has 2 heterocycles. The van der Waals surface area contributed by atoms with Crippen molar-refractivity contribution in [1.29, 1.82) is 0 Å². The summed E-state index contributed by atoms with van der Waals surface area (Å²) in [6.07, 6.45) is 0. The minimum atomic E-state index is -0.371. The second-order valence-corrected chi connectivity index (χ2v) is 5.08. The van der Waals surface area contributed by atoms with Crippen LogP contribution in [0.5, 0.6) is 0 Å². The zero-order valence-electron chi connectivity index (χ0n) is 12.1. The molecule has 0 radical (unpaired) electrons. The van der Waals surface area contributed by atoms with Gasteiger partial charge in [-0.1, -0.05) is 30.3 Å². The average molecular weight is 281 g/mol. The molecule has 0 unspecified atom stereocenters. The van der Waals surface area contributed by atoms with Crippen LogP contribution in [0, 0.1) is 6.92 Å². The molecule has 2 aromatic heterocycles. The lowest BCUT2D eigenvalue weighted by atomic mass is 10.0. The van der Waals surface area contributed by atoms with Crippen molar-refractivity contribution in [2.24, 2.45) is 14.1 Å². The molecule has 1 aromatic carbocycles. The van der Waals surface area contributed by atoms with Crippen molar-refractivity contribution in [3.05, 3.63) is 62.9 Å². The van der Waals surface area contributed by atoms with E-state index in [2.05, 4.69) is 4.98 Å². The van der Waals surface area contributed by atoms with Crippen LogP contribution in [-0.4, -0.2) is 14.1 Å². The van der Waals surface area contributed by atoms with Crippen LogP contribution in [0.1, 0.15) is 5.69 Å². The highest BCUT2D eigenvalue weighted by molar-refractivity contribution is 5.92. The van der Waals surface area contributed by atoms with Gasteiger partial charge in [-0.05, 0) is 24.1 Å². The number of fused-ring (bicyclic) bond motifs is 1. The molecule has 0 aliphatic carbocycles. The van der Waals surface area contributed by atoms with Crippen molar-refractivity contribution in [3.63, 3.8) is 0 Å². The van der Waals surface area contributed by atoms with Gasteiger partial charge in [0.25, 0.3) is 5.56 Å². The van der Waals surface area contributed by atoms with Crippen LogP contribution in [0.4, 0.5) is 0 Å². The molecule has 21 heavy (non-hydrogen) atoms. The van der Waals surface area contributed by atoms with Crippen LogP contribution in [-0.2, 0) is 14.1 Å². The molecule has 0 aliphatic heterocycles. The lowest BCUT2D eigenvalue weighted by Gasteiger charge is -2.11. The van der Waals surface area contributed by atoms with Gasteiger partial charge < -0.3 is 0 Å². The minimum absolute atomic E-state index is 0.320. The van der Waals surface area contributed by atoms with Gasteiger partial charge in [-0.3, -0.25) is 13.9 Å². The number of pyridine rings is 1. The molecule has 0 saturated carbocycles. The van der Waals surface area contributed by atoms with E-state index in [9.17, 15) is 9.59 Å². The first-order valence-electron chi connectivity index (χ1n) is 6.63. The summed E-state index contributed by atoms with van der Waals surface area (Å²) in [4.78, 5) is 28.9. The highest BCUT2D eigenvalue weighted by atomic mass is 16.2. The van der Waals surface area contributed by atoms with Crippen molar-refractivity contribution in [3.8, 4) is 11.1 Å². The van der Waals surface area contributed by atoms with E-state index in [4.69, 9.17) is 0 Å². The molecular formula is C16H15N3O2. The SMILES string of the molecule is Cc1cc(-c2ccccc2)c2c(=O)n(C)c(=O)n(C)c2n1. The first-order chi connectivity index (χ1) is 10.0. The molecule has 0 aliphatic rings. The molecule has 3 rings (SSSR count). The zero-order chi connectivity index (χ0) is 15.1. The average Bonchev–Trinajstić information content (AvgIpc) is 2.51. The Labute approximate surface area is 121 Å². The molecule has 3 aromatic rings. The highest BCUT2D eigenvalue weighted by Gasteiger charge is 2.15. The van der Waals surface area contributed by atoms with Gasteiger partial charge in [0.05, 0.1) is 5.39 Å². The summed E-state index contributed by atoms with van der Waals surface area (Å²) in [6.45, 7) is 1.85. The van der Waals surface area contributed by atoms with Crippen molar-refractivity contribution in [2.45, 2.75) is 6.92 Å². The Morgan fingerprint density at radius 1 is 1.00 bits per heavy atom. The molecule has 0 fully saturated rings. The van der Waals surface area contributed by atoms with Crippen LogP contribution in [0.15, 0.2) is 46.0 Å². The molecule has 106 valence electrons. The predicted octanol–water partition coefficient (Wildman–Crippen LogP) is 1.61. The van der Waals surface area contributed by atoms with Gasteiger partial charge in [0.15, 0.2) is 0 Å². The van der Waals surface area contributed by atoms with Crippen LogP contribution < -0.4 is 11.2 Å². The van der Waals surface area contributed by atoms with Gasteiger partial charge in [0.1, 0.15) is 5.65 Å². The Bertz CT molecular complexity index is 953. The van der Waals surface area contributed by atoms with Gasteiger partial charge in [0, 0.05) is 19.8 Å². The third-order valence-electron chi connectivity index (χ3n) is 3.62. The van der Waals surface area contributed by atoms with Crippen molar-refractivity contribution in [1.82, 2.24) is 14.1 Å². The Morgan fingerprint density at radius 2 is 1.67 bits per heavy atom. The van der Waals surface area contributed by atoms with Gasteiger partial charge in [-0.25, -0.2) is 9.78 Å². The first-order valence-corrected chi connectivity index (χ1v) is 6.63. The number of hydrogen-bond donors (Lipinski definition) is 0. The lowest BCUT2D eigenvalue weighted by molar-refractivity contribution is 0.707. The Kier molecular flexibility index (Phi) is 2.97. The Balaban J connectivity index is 2.58. The van der Waals surface area contributed by atoms with E-state index in [0.717, 1.165) is 21.4 Å². The summed E-state index contributed by atoms with van der Waals surface area (Å²) in [5.74, 6) is 0. The van der Waals surface area contributed by atoms with Crippen LogP contribution in [0.2, 0.25) is 0 Å². The zero-order valence-corrected chi connectivity index (χ0v) is 12.1. The fourth-order valence-electron chi connectivity index (χ4n) is 2.53. The molecular weight excluding hydrogens is 266 g/mol. The Morgan fingerprint density at radius 3 is 2.33 bits per heavy atom. The topological polar surface area (TPSA) is 56.9 Å². The van der Waals surface area contributed by atoms with E-state index in [1.54, 1.807) is 7.05 Å². The van der Waals surface area contributed by atoms with E-state index in [-0.39, 0.29) is 11.2 Å². The first kappa shape index (κ1) is 13.3. The number of hydrogen-bond acceptors (Lipinski definition) is 3. The number of rotatable bonds is 1. The van der Waals surface area contributed by atoms with Crippen LogP contribution >= 0.6 is 0 Å². The van der Waals surface area contributed by atoms with Crippen molar-refractivity contribution < 1.29 is 0 Å². The maximum atomic E-state index is 12.5. The van der Waals surface area contributed by atoms with Crippen molar-refractivity contribution >= 4 is 11.0 Å². The van der Waals surface area contributed by atoms with Crippen LogP contribution in [0.25, 0.3) is 22.2 Å². The van der Waals surface area contributed by atoms with E-state index >= 15 is 0 Å². The molecule has 0 spiro atoms. The highest BCUT2D eigenvalue weighted by Crippen LogP contribution is 2.25. The summed E-state index contributed by atoms with van der Waals surface area (Å²) >= 11 is 0. The quantitative estimate of drug-likeness (QED) is 0.681. The second-order valence-electron chi connectivity index (χ2n) is 5.08. The standard InChI is InChI=1S/C16H15N3O2/c1-10-9-12(11-7-5-4-6-8-11)13-14(17-10)18(2)16(21)19(3)15(13)20/h4-9H,1-3H3. The molecule has 0 N–H and O–H groups in total. The maximum Gasteiger partial charge on any atom is 0.332 e. The summed E-state index contributed by atoms with van der Waals surface area (Å²) in [5.41, 5.74) is 2.23. The smallest absolute Gasteiger partial charge is 0.280 e. The van der Waals surface area contributed by atoms with Crippen LogP contribution in [0.3, 0.4) is 0 Å². The van der Waals surface area contributed by atoms with E-state index < -0.39 is 0 Å². The maximum absolute atomic E-state index is 12.5. The number of benzene rings is 1. The summed E-state index contributed by atoms with van der Waals surface area (Å²) in [5, 5.41) is 0.469. The Hall–Kier alpha value is -2.69. The second kappa shape index (κ2) is 4.70. The van der Waals surface area contributed by atoms with Gasteiger partial charge >= 0.3 is 5.69 Å². The predicted molar refractivity (Wildman–Crippen MR) is 82.4 cm³/mol. The fourth-order valence-corrected chi connectivity index (χ4v) is 2.53. The van der Waals surface area contributed by atoms with Gasteiger partial charge in [-0.15, -0.1) is 0 Å². The number of aryl methyl sites for hydroxylation is 2. The largest absolute Gasteiger partial charge is 0.332 e. The van der Waals surface area contributed by atoms with E-state index in [0.29, 0.717) is 11.0 Å². The number of nitrogens with zero attached hydrogens (tertiary/aromatic N) is 3.